The van der Waals surface area contributed by atoms with E-state index < -0.39 is 11.7 Å². The highest BCUT2D eigenvalue weighted by molar-refractivity contribution is 6.42. The quantitative estimate of drug-likeness (QED) is 0.106. The van der Waals surface area contributed by atoms with E-state index in [0.29, 0.717) is 26.1 Å². The Morgan fingerprint density at radius 2 is 1.49 bits per heavy atom. The van der Waals surface area contributed by atoms with Crippen molar-refractivity contribution in [3.8, 4) is 11.1 Å². The number of carbonyl (C=O) groups excluding carboxylic acids is 4. The molecule has 0 bridgehead atoms. The van der Waals surface area contributed by atoms with Crippen molar-refractivity contribution in [3.63, 3.8) is 0 Å². The van der Waals surface area contributed by atoms with E-state index in [1.165, 1.54) is 52.4 Å². The number of anilines is 1. The SMILES string of the molecule is CCN1CCC(OC(C)=O)CC1.O=C(OCC1c2ccccc2-c2ccccc21)N1CCc2ccccc2C1.O=CNCC(=O)Nc1ccc(Cl)c(Cl)c1F. The summed E-state index contributed by atoms with van der Waals surface area (Å²) in [6.45, 7) is 8.35. The van der Waals surface area contributed by atoms with Gasteiger partial charge in [0, 0.05) is 39.0 Å². The van der Waals surface area contributed by atoms with Crippen LogP contribution in [-0.2, 0) is 36.8 Å². The summed E-state index contributed by atoms with van der Waals surface area (Å²) in [5, 5.41) is 4.17. The van der Waals surface area contributed by atoms with E-state index in [2.05, 4.69) is 89.2 Å². The van der Waals surface area contributed by atoms with Crippen LogP contribution < -0.4 is 10.6 Å². The maximum atomic E-state index is 13.4. The van der Waals surface area contributed by atoms with Gasteiger partial charge in [-0.15, -0.1) is 0 Å². The number of hydrogen-bond donors (Lipinski definition) is 2. The maximum Gasteiger partial charge on any atom is 0.410 e. The minimum absolute atomic E-state index is 0.0585. The first-order valence-electron chi connectivity index (χ1n) is 18.3. The second-order valence-corrected chi connectivity index (χ2v) is 14.0. The van der Waals surface area contributed by atoms with Crippen LogP contribution in [0.4, 0.5) is 14.9 Å². The third-order valence-electron chi connectivity index (χ3n) is 9.69. The number of esters is 1. The Bertz CT molecular complexity index is 1930. The number of rotatable bonds is 8. The van der Waals surface area contributed by atoms with Crippen molar-refractivity contribution in [2.45, 2.75) is 51.7 Å². The molecule has 0 saturated carbocycles. The van der Waals surface area contributed by atoms with Crippen LogP contribution in [-0.4, -0.2) is 79.6 Å². The molecule has 290 valence electrons. The molecule has 3 amide bonds. The van der Waals surface area contributed by atoms with Crippen molar-refractivity contribution < 1.29 is 33.0 Å². The molecule has 0 spiro atoms. The molecule has 0 atom stereocenters. The first-order valence-corrected chi connectivity index (χ1v) is 19.0. The number of hydrogen-bond acceptors (Lipinski definition) is 7. The summed E-state index contributed by atoms with van der Waals surface area (Å²) in [5.41, 5.74) is 7.46. The van der Waals surface area contributed by atoms with Crippen LogP contribution in [0.3, 0.4) is 0 Å². The zero-order chi connectivity index (χ0) is 39.3. The molecule has 2 N–H and O–H groups in total. The predicted octanol–water partition coefficient (Wildman–Crippen LogP) is 7.84. The molecule has 1 fully saturated rings. The summed E-state index contributed by atoms with van der Waals surface area (Å²) < 4.78 is 24.3. The standard InChI is InChI=1S/C24H21NO2.C9H7Cl2FN2O2.C9H17NO2/c26-24(25-14-13-17-7-1-2-8-18(17)15-25)27-16-23-21-11-5-3-9-19(21)20-10-4-6-12-22(20)23;10-5-1-2-6(9(12)8(5)11)14-7(16)3-13-4-15;1-3-10-6-4-9(5-7-10)12-8(2)11/h1-12,23H,13-16H2;1-2,4H,3H2,(H,13,15)(H,14,16);9H,3-7H2,1-2H3. The van der Waals surface area contributed by atoms with Gasteiger partial charge >= 0.3 is 12.1 Å². The van der Waals surface area contributed by atoms with Crippen molar-refractivity contribution in [3.05, 3.63) is 123 Å². The lowest BCUT2D eigenvalue weighted by Crippen LogP contribution is -2.37. The van der Waals surface area contributed by atoms with Gasteiger partial charge in [0.25, 0.3) is 0 Å². The fourth-order valence-corrected chi connectivity index (χ4v) is 7.18. The normalized spacial score (nSPS) is 14.7. The van der Waals surface area contributed by atoms with E-state index >= 15 is 0 Å². The molecule has 10 nitrogen and oxygen atoms in total. The van der Waals surface area contributed by atoms with Gasteiger partial charge in [0.05, 0.1) is 22.3 Å². The average Bonchev–Trinajstić information content (AvgIpc) is 3.53. The van der Waals surface area contributed by atoms with Crippen LogP contribution >= 0.6 is 23.2 Å². The summed E-state index contributed by atoms with van der Waals surface area (Å²) in [6, 6.07) is 27.8. The van der Waals surface area contributed by atoms with E-state index in [1.807, 2.05) is 11.0 Å². The Morgan fingerprint density at radius 1 is 0.873 bits per heavy atom. The Hall–Kier alpha value is -4.97. The van der Waals surface area contributed by atoms with Crippen molar-refractivity contribution in [1.82, 2.24) is 15.1 Å². The number of ether oxygens (including phenoxy) is 2. The highest BCUT2D eigenvalue weighted by Crippen LogP contribution is 2.44. The van der Waals surface area contributed by atoms with Crippen LogP contribution in [0.1, 0.15) is 54.9 Å². The van der Waals surface area contributed by atoms with Gasteiger partial charge in [0.15, 0.2) is 5.82 Å². The number of piperidine rings is 1. The summed E-state index contributed by atoms with van der Waals surface area (Å²) in [6.07, 6.45) is 3.20. The highest BCUT2D eigenvalue weighted by Gasteiger charge is 2.30. The second-order valence-electron chi connectivity index (χ2n) is 13.3. The van der Waals surface area contributed by atoms with Crippen LogP contribution in [0, 0.1) is 5.82 Å². The van der Waals surface area contributed by atoms with Crippen molar-refractivity contribution in [1.29, 1.82) is 0 Å². The second kappa shape index (κ2) is 20.1. The van der Waals surface area contributed by atoms with E-state index in [0.717, 1.165) is 38.9 Å². The molecule has 4 aromatic rings. The molecule has 13 heteroatoms. The van der Waals surface area contributed by atoms with Gasteiger partial charge in [-0.3, -0.25) is 14.4 Å². The number of amides is 3. The fourth-order valence-electron chi connectivity index (χ4n) is 6.87. The predicted molar refractivity (Wildman–Crippen MR) is 212 cm³/mol. The first kappa shape index (κ1) is 41.2. The monoisotopic (exact) mass is 790 g/mol. The van der Waals surface area contributed by atoms with Gasteiger partial charge in [-0.1, -0.05) is 103 Å². The van der Waals surface area contributed by atoms with Crippen molar-refractivity contribution in [2.75, 3.05) is 44.6 Å². The molecule has 0 aromatic heterocycles. The summed E-state index contributed by atoms with van der Waals surface area (Å²) >= 11 is 11.1. The average molecular weight is 792 g/mol. The van der Waals surface area contributed by atoms with Gasteiger partial charge in [0.2, 0.25) is 12.3 Å². The molecule has 1 saturated heterocycles. The first-order chi connectivity index (χ1) is 26.6. The molecule has 4 aromatic carbocycles. The van der Waals surface area contributed by atoms with E-state index in [1.54, 1.807) is 0 Å². The zero-order valence-corrected chi connectivity index (χ0v) is 32.4. The topological polar surface area (TPSA) is 117 Å². The number of nitrogens with zero attached hydrogens (tertiary/aromatic N) is 2. The fraction of sp³-hybridized carbons (Fsp3) is 0.333. The molecule has 2 heterocycles. The van der Waals surface area contributed by atoms with E-state index in [-0.39, 0.29) is 46.4 Å². The van der Waals surface area contributed by atoms with E-state index in [9.17, 15) is 23.6 Å². The number of likely N-dealkylation sites (tertiary alicyclic amines) is 1. The van der Waals surface area contributed by atoms with Crippen molar-refractivity contribution in [2.24, 2.45) is 0 Å². The van der Waals surface area contributed by atoms with Gasteiger partial charge in [-0.25, -0.2) is 9.18 Å². The lowest BCUT2D eigenvalue weighted by atomic mass is 9.98. The molecule has 55 heavy (non-hydrogen) atoms. The smallest absolute Gasteiger partial charge is 0.410 e. The van der Waals surface area contributed by atoms with Gasteiger partial charge in [0.1, 0.15) is 12.7 Å². The van der Waals surface area contributed by atoms with E-state index in [4.69, 9.17) is 32.7 Å². The molecule has 1 aliphatic carbocycles. The van der Waals surface area contributed by atoms with Crippen LogP contribution in [0.5, 0.6) is 0 Å². The minimum atomic E-state index is -0.811. The number of benzene rings is 4. The Balaban J connectivity index is 0.000000177. The molecule has 2 aliphatic heterocycles. The van der Waals surface area contributed by atoms with Gasteiger partial charge in [-0.2, -0.15) is 0 Å². The van der Waals surface area contributed by atoms with Gasteiger partial charge < -0.3 is 29.9 Å². The third-order valence-corrected chi connectivity index (χ3v) is 10.5. The zero-order valence-electron chi connectivity index (χ0n) is 30.9. The number of nitrogens with one attached hydrogen (secondary N) is 2. The number of halogens is 3. The Labute approximate surface area is 330 Å². The molecular formula is C42H45Cl2FN4O6. The molecular weight excluding hydrogens is 746 g/mol. The third kappa shape index (κ3) is 11.1. The lowest BCUT2D eigenvalue weighted by molar-refractivity contribution is -0.148. The van der Waals surface area contributed by atoms with Gasteiger partial charge in [-0.05, 0) is 71.3 Å². The van der Waals surface area contributed by atoms with Crippen LogP contribution in [0.25, 0.3) is 11.1 Å². The van der Waals surface area contributed by atoms with Crippen LogP contribution in [0.2, 0.25) is 10.0 Å². The molecule has 0 radical (unpaired) electrons. The summed E-state index contributed by atoms with van der Waals surface area (Å²) in [7, 11) is 0. The van der Waals surface area contributed by atoms with Crippen LogP contribution in [0.15, 0.2) is 84.9 Å². The Morgan fingerprint density at radius 3 is 2.11 bits per heavy atom. The highest BCUT2D eigenvalue weighted by atomic mass is 35.5. The lowest BCUT2D eigenvalue weighted by Gasteiger charge is -2.30. The largest absolute Gasteiger partial charge is 0.462 e. The van der Waals surface area contributed by atoms with Crippen molar-refractivity contribution >= 4 is 53.3 Å². The molecule has 3 aliphatic rings. The molecule has 7 rings (SSSR count). The summed E-state index contributed by atoms with van der Waals surface area (Å²) in [5.74, 6) is -1.42. The number of fused-ring (bicyclic) bond motifs is 4. The molecule has 0 unspecified atom stereocenters. The summed E-state index contributed by atoms with van der Waals surface area (Å²) in [4.78, 5) is 48.6. The number of carbonyl (C=O) groups is 4. The minimum Gasteiger partial charge on any atom is -0.462 e. The Kier molecular flexibility index (Phi) is 15.1. The maximum absolute atomic E-state index is 13.4.